The van der Waals surface area contributed by atoms with Crippen LogP contribution in [-0.4, -0.2) is 34.2 Å². The Labute approximate surface area is 177 Å². The van der Waals surface area contributed by atoms with Crippen molar-refractivity contribution in [3.8, 4) is 5.75 Å². The summed E-state index contributed by atoms with van der Waals surface area (Å²) in [6.45, 7) is 2.26. The third-order valence-electron chi connectivity index (χ3n) is 3.86. The lowest BCUT2D eigenvalue weighted by molar-refractivity contribution is -0.122. The van der Waals surface area contributed by atoms with E-state index in [1.807, 2.05) is 25.1 Å². The molecule has 1 aliphatic rings. The van der Waals surface area contributed by atoms with E-state index in [0.29, 0.717) is 32.2 Å². The summed E-state index contributed by atoms with van der Waals surface area (Å²) in [5, 5.41) is 3.09. The first-order valence-electron chi connectivity index (χ1n) is 8.50. The SMILES string of the molecule is CCN1C(=O)/C(=C/c2ccc(OCC(=O)Nc3ccccc3)c(Cl)c2)SC1=S. The monoisotopic (exact) mass is 432 g/mol. The maximum absolute atomic E-state index is 12.3. The average Bonchev–Trinajstić information content (AvgIpc) is 2.94. The first kappa shape index (κ1) is 20.4. The van der Waals surface area contributed by atoms with Crippen LogP contribution in [0, 0.1) is 0 Å². The van der Waals surface area contributed by atoms with E-state index >= 15 is 0 Å². The average molecular weight is 433 g/mol. The number of benzene rings is 2. The van der Waals surface area contributed by atoms with Crippen LogP contribution < -0.4 is 10.1 Å². The van der Waals surface area contributed by atoms with E-state index in [-0.39, 0.29) is 18.4 Å². The van der Waals surface area contributed by atoms with E-state index in [1.54, 1.807) is 41.3 Å². The zero-order valence-electron chi connectivity index (χ0n) is 15.0. The third kappa shape index (κ3) is 4.92. The van der Waals surface area contributed by atoms with Crippen molar-refractivity contribution in [2.24, 2.45) is 0 Å². The number of nitrogens with one attached hydrogen (secondary N) is 1. The number of nitrogens with zero attached hydrogens (tertiary/aromatic N) is 1. The van der Waals surface area contributed by atoms with E-state index < -0.39 is 0 Å². The molecule has 28 heavy (non-hydrogen) atoms. The molecule has 1 fully saturated rings. The number of halogens is 1. The van der Waals surface area contributed by atoms with Crippen molar-refractivity contribution >= 4 is 63.5 Å². The number of thioether (sulfide) groups is 1. The van der Waals surface area contributed by atoms with Crippen LogP contribution >= 0.6 is 35.6 Å². The third-order valence-corrected chi connectivity index (χ3v) is 5.53. The van der Waals surface area contributed by atoms with Crippen LogP contribution in [0.25, 0.3) is 6.08 Å². The van der Waals surface area contributed by atoms with Crippen molar-refractivity contribution in [2.75, 3.05) is 18.5 Å². The molecule has 8 heteroatoms. The highest BCUT2D eigenvalue weighted by atomic mass is 35.5. The van der Waals surface area contributed by atoms with Crippen molar-refractivity contribution in [3.05, 3.63) is 64.0 Å². The topological polar surface area (TPSA) is 58.6 Å². The van der Waals surface area contributed by atoms with Gasteiger partial charge in [-0.15, -0.1) is 0 Å². The van der Waals surface area contributed by atoms with E-state index in [4.69, 9.17) is 28.6 Å². The van der Waals surface area contributed by atoms with Crippen LogP contribution in [0.15, 0.2) is 53.4 Å². The largest absolute Gasteiger partial charge is 0.482 e. The molecule has 1 aliphatic heterocycles. The Kier molecular flexibility index (Phi) is 6.72. The maximum Gasteiger partial charge on any atom is 0.266 e. The van der Waals surface area contributed by atoms with Crippen molar-refractivity contribution in [1.82, 2.24) is 4.90 Å². The normalized spacial score (nSPS) is 15.2. The number of hydrogen-bond acceptors (Lipinski definition) is 5. The van der Waals surface area contributed by atoms with E-state index in [9.17, 15) is 9.59 Å². The number of rotatable bonds is 6. The molecule has 5 nitrogen and oxygen atoms in total. The molecule has 0 aliphatic carbocycles. The summed E-state index contributed by atoms with van der Waals surface area (Å²) in [6, 6.07) is 14.2. The number of thiocarbonyl (C=S) groups is 1. The molecule has 1 saturated heterocycles. The number of ether oxygens (including phenoxy) is 1. The molecule has 0 saturated carbocycles. The summed E-state index contributed by atoms with van der Waals surface area (Å²) in [4.78, 5) is 26.4. The van der Waals surface area contributed by atoms with Gasteiger partial charge < -0.3 is 10.1 Å². The van der Waals surface area contributed by atoms with Gasteiger partial charge in [0.15, 0.2) is 6.61 Å². The van der Waals surface area contributed by atoms with Crippen LogP contribution in [0.1, 0.15) is 12.5 Å². The molecule has 0 aromatic heterocycles. The number of hydrogen-bond donors (Lipinski definition) is 1. The maximum atomic E-state index is 12.3. The van der Waals surface area contributed by atoms with Gasteiger partial charge in [0, 0.05) is 12.2 Å². The number of para-hydroxylation sites is 1. The number of anilines is 1. The fraction of sp³-hybridized carbons (Fsp3) is 0.150. The van der Waals surface area contributed by atoms with Gasteiger partial charge in [-0.1, -0.05) is 59.8 Å². The van der Waals surface area contributed by atoms with Gasteiger partial charge in [-0.3, -0.25) is 14.5 Å². The Morgan fingerprint density at radius 1 is 1.29 bits per heavy atom. The molecule has 0 unspecified atom stereocenters. The van der Waals surface area contributed by atoms with Gasteiger partial charge in [0.05, 0.1) is 9.93 Å². The summed E-state index contributed by atoms with van der Waals surface area (Å²) < 4.78 is 6.05. The van der Waals surface area contributed by atoms with Gasteiger partial charge in [-0.05, 0) is 42.8 Å². The molecule has 2 aromatic rings. The summed E-state index contributed by atoms with van der Waals surface area (Å²) in [6.07, 6.45) is 1.74. The van der Waals surface area contributed by atoms with Gasteiger partial charge in [0.25, 0.3) is 11.8 Å². The van der Waals surface area contributed by atoms with Crippen molar-refractivity contribution in [1.29, 1.82) is 0 Å². The highest BCUT2D eigenvalue weighted by Gasteiger charge is 2.30. The predicted octanol–water partition coefficient (Wildman–Crippen LogP) is 4.58. The van der Waals surface area contributed by atoms with Crippen molar-refractivity contribution in [3.63, 3.8) is 0 Å². The highest BCUT2D eigenvalue weighted by molar-refractivity contribution is 8.26. The van der Waals surface area contributed by atoms with Crippen LogP contribution in [0.4, 0.5) is 5.69 Å². The van der Waals surface area contributed by atoms with Crippen LogP contribution in [0.5, 0.6) is 5.75 Å². The van der Waals surface area contributed by atoms with Crippen LogP contribution in [-0.2, 0) is 9.59 Å². The Morgan fingerprint density at radius 2 is 2.04 bits per heavy atom. The molecule has 144 valence electrons. The Morgan fingerprint density at radius 3 is 2.68 bits per heavy atom. The standard InChI is InChI=1S/C20H17ClN2O3S2/c1-2-23-19(25)17(28-20(23)27)11-13-8-9-16(15(21)10-13)26-12-18(24)22-14-6-4-3-5-7-14/h3-11H,2,12H2,1H3,(H,22,24)/b17-11-. The minimum absolute atomic E-state index is 0.105. The first-order chi connectivity index (χ1) is 13.5. The molecule has 2 aromatic carbocycles. The van der Waals surface area contributed by atoms with Crippen molar-refractivity contribution < 1.29 is 14.3 Å². The summed E-state index contributed by atoms with van der Waals surface area (Å²) in [7, 11) is 0. The lowest BCUT2D eigenvalue weighted by Crippen LogP contribution is -2.27. The Bertz CT molecular complexity index is 948. The molecule has 2 amide bonds. The summed E-state index contributed by atoms with van der Waals surface area (Å²) >= 11 is 12.7. The van der Waals surface area contributed by atoms with Crippen LogP contribution in [0.3, 0.4) is 0 Å². The summed E-state index contributed by atoms with van der Waals surface area (Å²) in [5.74, 6) is 0.00394. The van der Waals surface area contributed by atoms with E-state index in [2.05, 4.69) is 5.32 Å². The number of likely N-dealkylation sites (N-methyl/N-ethyl adjacent to an activating group) is 1. The van der Waals surface area contributed by atoms with Gasteiger partial charge in [0.1, 0.15) is 10.1 Å². The quantitative estimate of drug-likeness (QED) is 0.535. The summed E-state index contributed by atoms with van der Waals surface area (Å²) in [5.41, 5.74) is 1.45. The molecule has 0 bridgehead atoms. The second-order valence-corrected chi connectivity index (χ2v) is 7.90. The fourth-order valence-corrected chi connectivity index (χ4v) is 4.14. The van der Waals surface area contributed by atoms with Gasteiger partial charge >= 0.3 is 0 Å². The zero-order chi connectivity index (χ0) is 20.1. The zero-order valence-corrected chi connectivity index (χ0v) is 17.4. The minimum Gasteiger partial charge on any atom is -0.482 e. The van der Waals surface area contributed by atoms with Crippen LogP contribution in [0.2, 0.25) is 5.02 Å². The second kappa shape index (κ2) is 9.23. The Hall–Kier alpha value is -2.35. The molecule has 1 N–H and O–H groups in total. The van der Waals surface area contributed by atoms with E-state index in [0.717, 1.165) is 5.56 Å². The molecule has 1 heterocycles. The van der Waals surface area contributed by atoms with Crippen molar-refractivity contribution in [2.45, 2.75) is 6.92 Å². The first-order valence-corrected chi connectivity index (χ1v) is 10.1. The number of carbonyl (C=O) groups excluding carboxylic acids is 2. The molecule has 0 spiro atoms. The lowest BCUT2D eigenvalue weighted by Gasteiger charge is -2.10. The lowest BCUT2D eigenvalue weighted by atomic mass is 10.2. The Balaban J connectivity index is 1.63. The fourth-order valence-electron chi connectivity index (χ4n) is 2.51. The molecule has 0 radical (unpaired) electrons. The second-order valence-electron chi connectivity index (χ2n) is 5.82. The van der Waals surface area contributed by atoms with Gasteiger partial charge in [0.2, 0.25) is 0 Å². The number of carbonyl (C=O) groups is 2. The highest BCUT2D eigenvalue weighted by Crippen LogP contribution is 2.33. The number of amides is 2. The van der Waals surface area contributed by atoms with Gasteiger partial charge in [-0.2, -0.15) is 0 Å². The molecule has 0 atom stereocenters. The predicted molar refractivity (Wildman–Crippen MR) is 118 cm³/mol. The van der Waals surface area contributed by atoms with E-state index in [1.165, 1.54) is 11.8 Å². The smallest absolute Gasteiger partial charge is 0.266 e. The molecular formula is C20H17ClN2O3S2. The molecular weight excluding hydrogens is 416 g/mol. The van der Waals surface area contributed by atoms with Gasteiger partial charge in [-0.25, -0.2) is 0 Å². The minimum atomic E-state index is -0.283. The molecule has 3 rings (SSSR count).